The Bertz CT molecular complexity index is 622. The van der Waals surface area contributed by atoms with Crippen LogP contribution < -0.4 is 0 Å². The van der Waals surface area contributed by atoms with Crippen LogP contribution in [0.1, 0.15) is 28.7 Å². The SMILES string of the molecule is CCn1nc(C)c(Cl)c1CC(=O)c1ccccc1F. The largest absolute Gasteiger partial charge is 0.294 e. The predicted octanol–water partition coefficient (Wildman–Crippen LogP) is 3.43. The molecule has 0 spiro atoms. The first-order valence-corrected chi connectivity index (χ1v) is 6.42. The lowest BCUT2D eigenvalue weighted by molar-refractivity contribution is 0.0986. The Morgan fingerprint density at radius 1 is 1.42 bits per heavy atom. The van der Waals surface area contributed by atoms with Crippen LogP contribution in [-0.2, 0) is 13.0 Å². The third-order valence-electron chi connectivity index (χ3n) is 2.96. The number of halogens is 2. The molecule has 2 rings (SSSR count). The lowest BCUT2D eigenvalue weighted by atomic mass is 10.1. The number of carbonyl (C=O) groups is 1. The Morgan fingerprint density at radius 3 is 2.74 bits per heavy atom. The van der Waals surface area contributed by atoms with Crippen LogP contribution in [0.15, 0.2) is 24.3 Å². The van der Waals surface area contributed by atoms with Gasteiger partial charge in [0, 0.05) is 6.54 Å². The van der Waals surface area contributed by atoms with Crippen LogP contribution >= 0.6 is 11.6 Å². The number of aryl methyl sites for hydroxylation is 2. The maximum absolute atomic E-state index is 13.6. The predicted molar refractivity (Wildman–Crippen MR) is 72.1 cm³/mol. The van der Waals surface area contributed by atoms with Gasteiger partial charge in [-0.3, -0.25) is 9.48 Å². The van der Waals surface area contributed by atoms with Gasteiger partial charge >= 0.3 is 0 Å². The minimum absolute atomic E-state index is 0.0500. The average Bonchev–Trinajstić information content (AvgIpc) is 2.67. The van der Waals surface area contributed by atoms with E-state index in [9.17, 15) is 9.18 Å². The zero-order valence-electron chi connectivity index (χ0n) is 10.8. The normalized spacial score (nSPS) is 10.7. The van der Waals surface area contributed by atoms with E-state index in [0.717, 1.165) is 0 Å². The Kier molecular flexibility index (Phi) is 4.00. The molecule has 1 aromatic carbocycles. The standard InChI is InChI=1S/C14H14ClFN2O/c1-3-18-12(14(15)9(2)17-18)8-13(19)10-6-4-5-7-11(10)16/h4-7H,3,8H2,1-2H3. The van der Waals surface area contributed by atoms with Crippen molar-refractivity contribution >= 4 is 17.4 Å². The van der Waals surface area contributed by atoms with Crippen molar-refractivity contribution in [3.05, 3.63) is 52.1 Å². The average molecular weight is 281 g/mol. The Hall–Kier alpha value is -1.68. The minimum Gasteiger partial charge on any atom is -0.294 e. The van der Waals surface area contributed by atoms with Crippen molar-refractivity contribution in [2.24, 2.45) is 0 Å². The molecule has 0 fully saturated rings. The summed E-state index contributed by atoms with van der Waals surface area (Å²) in [4.78, 5) is 12.1. The Balaban J connectivity index is 2.32. The summed E-state index contributed by atoms with van der Waals surface area (Å²) >= 11 is 6.13. The molecule has 0 radical (unpaired) electrons. The first-order valence-electron chi connectivity index (χ1n) is 6.04. The molecule has 0 saturated heterocycles. The highest BCUT2D eigenvalue weighted by atomic mass is 35.5. The van der Waals surface area contributed by atoms with E-state index in [0.29, 0.717) is 23.0 Å². The molecule has 5 heteroatoms. The monoisotopic (exact) mass is 280 g/mol. The van der Waals surface area contributed by atoms with Crippen molar-refractivity contribution in [1.82, 2.24) is 9.78 Å². The van der Waals surface area contributed by atoms with Crippen molar-refractivity contribution in [2.75, 3.05) is 0 Å². The van der Waals surface area contributed by atoms with Crippen LogP contribution in [0, 0.1) is 12.7 Å². The summed E-state index contributed by atoms with van der Waals surface area (Å²) in [6, 6.07) is 5.95. The summed E-state index contributed by atoms with van der Waals surface area (Å²) in [5.74, 6) is -0.808. The second-order valence-corrected chi connectivity index (χ2v) is 4.62. The van der Waals surface area contributed by atoms with Crippen LogP contribution in [0.4, 0.5) is 4.39 Å². The molecule has 0 aliphatic carbocycles. The fourth-order valence-corrected chi connectivity index (χ4v) is 2.17. The van der Waals surface area contributed by atoms with E-state index in [2.05, 4.69) is 5.10 Å². The molecule has 1 heterocycles. The van der Waals surface area contributed by atoms with Gasteiger partial charge in [-0.25, -0.2) is 4.39 Å². The highest BCUT2D eigenvalue weighted by molar-refractivity contribution is 6.32. The molecule has 3 nitrogen and oxygen atoms in total. The Morgan fingerprint density at radius 2 is 2.11 bits per heavy atom. The molecule has 100 valence electrons. The quantitative estimate of drug-likeness (QED) is 0.804. The molecule has 1 aromatic heterocycles. The molecule has 0 aliphatic heterocycles. The third-order valence-corrected chi connectivity index (χ3v) is 3.45. The number of benzene rings is 1. The maximum atomic E-state index is 13.6. The van der Waals surface area contributed by atoms with Crippen molar-refractivity contribution in [1.29, 1.82) is 0 Å². The second-order valence-electron chi connectivity index (χ2n) is 4.24. The number of hydrogen-bond donors (Lipinski definition) is 0. The molecule has 0 amide bonds. The molecule has 0 saturated carbocycles. The van der Waals surface area contributed by atoms with Crippen LogP contribution in [0.5, 0.6) is 0 Å². The van der Waals surface area contributed by atoms with Gasteiger partial charge in [0.05, 0.1) is 28.4 Å². The van der Waals surface area contributed by atoms with E-state index >= 15 is 0 Å². The number of hydrogen-bond acceptors (Lipinski definition) is 2. The summed E-state index contributed by atoms with van der Waals surface area (Å²) in [6.07, 6.45) is 0.0500. The second kappa shape index (κ2) is 5.53. The van der Waals surface area contributed by atoms with Crippen LogP contribution in [0.2, 0.25) is 5.02 Å². The summed E-state index contributed by atoms with van der Waals surface area (Å²) in [7, 11) is 0. The number of Topliss-reactive ketones (excluding diaryl/α,β-unsaturated/α-hetero) is 1. The van der Waals surface area contributed by atoms with Crippen molar-refractivity contribution in [2.45, 2.75) is 26.8 Å². The topological polar surface area (TPSA) is 34.9 Å². The van der Waals surface area contributed by atoms with Crippen molar-refractivity contribution in [3.8, 4) is 0 Å². The summed E-state index contributed by atoms with van der Waals surface area (Å²) in [5.41, 5.74) is 1.40. The number of nitrogens with zero attached hydrogens (tertiary/aromatic N) is 2. The van der Waals surface area contributed by atoms with Crippen LogP contribution in [-0.4, -0.2) is 15.6 Å². The molecule has 0 N–H and O–H groups in total. The van der Waals surface area contributed by atoms with E-state index < -0.39 is 5.82 Å². The van der Waals surface area contributed by atoms with Gasteiger partial charge in [0.1, 0.15) is 5.82 Å². The van der Waals surface area contributed by atoms with Crippen LogP contribution in [0.25, 0.3) is 0 Å². The van der Waals surface area contributed by atoms with Gasteiger partial charge in [-0.1, -0.05) is 23.7 Å². The number of carbonyl (C=O) groups excluding carboxylic acids is 1. The summed E-state index contributed by atoms with van der Waals surface area (Å²) in [5, 5.41) is 4.71. The lowest BCUT2D eigenvalue weighted by Crippen LogP contribution is -2.11. The minimum atomic E-state index is -0.511. The molecule has 19 heavy (non-hydrogen) atoms. The van der Waals surface area contributed by atoms with E-state index in [-0.39, 0.29) is 17.8 Å². The third kappa shape index (κ3) is 2.68. The van der Waals surface area contributed by atoms with Gasteiger partial charge in [-0.15, -0.1) is 0 Å². The van der Waals surface area contributed by atoms with Gasteiger partial charge in [-0.2, -0.15) is 5.10 Å². The molecule has 0 aliphatic rings. The van der Waals surface area contributed by atoms with Crippen molar-refractivity contribution < 1.29 is 9.18 Å². The molecule has 0 unspecified atom stereocenters. The first-order chi connectivity index (χ1) is 9.04. The summed E-state index contributed by atoms with van der Waals surface area (Å²) in [6.45, 7) is 4.32. The van der Waals surface area contributed by atoms with Gasteiger partial charge in [0.2, 0.25) is 0 Å². The van der Waals surface area contributed by atoms with Gasteiger partial charge in [-0.05, 0) is 26.0 Å². The molecular formula is C14H14ClFN2O. The first kappa shape index (κ1) is 13.7. The smallest absolute Gasteiger partial charge is 0.171 e. The lowest BCUT2D eigenvalue weighted by Gasteiger charge is -2.05. The molecular weight excluding hydrogens is 267 g/mol. The highest BCUT2D eigenvalue weighted by Gasteiger charge is 2.18. The maximum Gasteiger partial charge on any atom is 0.171 e. The molecule has 2 aromatic rings. The number of ketones is 1. The zero-order valence-corrected chi connectivity index (χ0v) is 11.5. The number of rotatable bonds is 4. The van der Waals surface area contributed by atoms with Gasteiger partial charge in [0.15, 0.2) is 5.78 Å². The van der Waals surface area contributed by atoms with Crippen molar-refractivity contribution in [3.63, 3.8) is 0 Å². The number of aromatic nitrogens is 2. The van der Waals surface area contributed by atoms with E-state index in [1.807, 2.05) is 6.92 Å². The van der Waals surface area contributed by atoms with Crippen LogP contribution in [0.3, 0.4) is 0 Å². The summed E-state index contributed by atoms with van der Waals surface area (Å²) < 4.78 is 15.2. The fraction of sp³-hybridized carbons (Fsp3) is 0.286. The van der Waals surface area contributed by atoms with Gasteiger partial charge < -0.3 is 0 Å². The van der Waals surface area contributed by atoms with Gasteiger partial charge in [0.25, 0.3) is 0 Å². The molecule has 0 atom stereocenters. The fourth-order valence-electron chi connectivity index (χ4n) is 1.97. The highest BCUT2D eigenvalue weighted by Crippen LogP contribution is 2.22. The zero-order chi connectivity index (χ0) is 14.0. The molecule has 0 bridgehead atoms. The van der Waals surface area contributed by atoms with E-state index in [4.69, 9.17) is 11.6 Å². The van der Waals surface area contributed by atoms with E-state index in [1.165, 1.54) is 12.1 Å². The van der Waals surface area contributed by atoms with E-state index in [1.54, 1.807) is 23.7 Å². The Labute approximate surface area is 116 Å².